The Morgan fingerprint density at radius 1 is 0.597 bits per heavy atom. The maximum absolute atomic E-state index is 12.6. The standard InChI is InChI=1S/C24H29N5O3.C22H23N5O3/c30-19-15-28-16-24(9-4-5-10-24)29-12-8-18-13-17(14-26-22(18)29)7-3-1-2-6-11-25-23(32)20(27-28)21(19)31;28-17-13-26-14-22(7-2-3-8-22)27-10-6-16-11-15(12-24-20(16)27)5-1-4-9-23-21(30)18(25-26)19(17)29/h8,12-15,30H,1-7,9-11,16H2,(H,25,32);1,4,6,10-13,28H,2-3,5,7-9,14H2,(H,23,30)/b;4-1-. The number of nitrogens with one attached hydrogen (secondary N) is 2. The van der Waals surface area contributed by atoms with Gasteiger partial charge in [-0.15, -0.1) is 0 Å². The van der Waals surface area contributed by atoms with Crippen molar-refractivity contribution in [1.29, 1.82) is 0 Å². The van der Waals surface area contributed by atoms with Crippen LogP contribution in [0, 0.1) is 0 Å². The van der Waals surface area contributed by atoms with Crippen LogP contribution in [0.2, 0.25) is 0 Å². The number of hydrogen-bond donors (Lipinski definition) is 4. The molecule has 2 fully saturated rings. The van der Waals surface area contributed by atoms with Crippen LogP contribution < -0.4 is 21.5 Å². The molecule has 0 unspecified atom stereocenters. The lowest BCUT2D eigenvalue weighted by Gasteiger charge is -2.32. The number of carbonyl (C=O) groups is 2. The number of rotatable bonds is 0. The molecule has 0 atom stereocenters. The van der Waals surface area contributed by atoms with Crippen molar-refractivity contribution in [3.63, 3.8) is 0 Å². The van der Waals surface area contributed by atoms with Crippen molar-refractivity contribution in [2.45, 2.75) is 114 Å². The molecule has 322 valence electrons. The minimum atomic E-state index is -0.755. The van der Waals surface area contributed by atoms with E-state index in [0.717, 1.165) is 111 Å². The van der Waals surface area contributed by atoms with Crippen LogP contribution in [0.3, 0.4) is 0 Å². The number of fused-ring (bicyclic) bond motifs is 13. The Morgan fingerprint density at radius 3 is 1.69 bits per heavy atom. The third-order valence-corrected chi connectivity index (χ3v) is 13.1. The number of carbonyl (C=O) groups excluding carboxylic acids is 2. The van der Waals surface area contributed by atoms with E-state index in [2.05, 4.69) is 66.6 Å². The molecule has 4 N–H and O–H groups in total. The predicted octanol–water partition coefficient (Wildman–Crippen LogP) is 5.22. The van der Waals surface area contributed by atoms with Gasteiger partial charge < -0.3 is 30.0 Å². The highest BCUT2D eigenvalue weighted by Crippen LogP contribution is 2.41. The van der Waals surface area contributed by atoms with Crippen LogP contribution in [0.25, 0.3) is 22.1 Å². The molecule has 0 aromatic carbocycles. The summed E-state index contributed by atoms with van der Waals surface area (Å²) in [5.74, 6) is -2.04. The average molecular weight is 841 g/mol. The molecule has 16 nitrogen and oxygen atoms in total. The zero-order chi connectivity index (χ0) is 42.8. The molecule has 2 aliphatic carbocycles. The minimum absolute atomic E-state index is 0.251. The van der Waals surface area contributed by atoms with Gasteiger partial charge in [0.25, 0.3) is 22.7 Å². The number of aromatic hydroxyl groups is 2. The lowest BCUT2D eigenvalue weighted by molar-refractivity contribution is 0.0936. The van der Waals surface area contributed by atoms with Crippen LogP contribution in [-0.2, 0) is 37.0 Å². The van der Waals surface area contributed by atoms with Crippen molar-refractivity contribution in [2.75, 3.05) is 13.1 Å². The second-order valence-corrected chi connectivity index (χ2v) is 17.3. The Morgan fingerprint density at radius 2 is 1.11 bits per heavy atom. The molecule has 12 rings (SSSR count). The van der Waals surface area contributed by atoms with Gasteiger partial charge in [-0.3, -0.25) is 28.5 Å². The summed E-state index contributed by atoms with van der Waals surface area (Å²) in [5.41, 5.74) is 1.63. The monoisotopic (exact) mass is 840 g/mol. The quantitative estimate of drug-likeness (QED) is 0.147. The number of pyridine rings is 2. The molecular weight excluding hydrogens is 789 g/mol. The first-order chi connectivity index (χ1) is 30.1. The van der Waals surface area contributed by atoms with E-state index in [4.69, 9.17) is 9.97 Å². The van der Waals surface area contributed by atoms with Crippen LogP contribution in [0.15, 0.2) is 83.2 Å². The van der Waals surface area contributed by atoms with Crippen molar-refractivity contribution in [2.24, 2.45) is 0 Å². The van der Waals surface area contributed by atoms with E-state index in [1.807, 2.05) is 24.5 Å². The summed E-state index contributed by atoms with van der Waals surface area (Å²) >= 11 is 0. The van der Waals surface area contributed by atoms with Gasteiger partial charge in [0.05, 0.1) is 36.6 Å². The highest BCUT2D eigenvalue weighted by Gasteiger charge is 2.39. The van der Waals surface area contributed by atoms with Crippen molar-refractivity contribution in [3.8, 4) is 11.5 Å². The van der Waals surface area contributed by atoms with Gasteiger partial charge in [-0.2, -0.15) is 10.2 Å². The fourth-order valence-electron chi connectivity index (χ4n) is 9.91. The second kappa shape index (κ2) is 17.1. The van der Waals surface area contributed by atoms with Crippen LogP contribution in [0.5, 0.6) is 11.5 Å². The lowest BCUT2D eigenvalue weighted by atomic mass is 9.97. The Kier molecular flexibility index (Phi) is 11.2. The van der Waals surface area contributed by atoms with Gasteiger partial charge in [-0.05, 0) is 86.8 Å². The first-order valence-electron chi connectivity index (χ1n) is 21.9. The Hall–Kier alpha value is -6.58. The number of allylic oxidation sites excluding steroid dienone is 1. The fourth-order valence-corrected chi connectivity index (χ4v) is 9.91. The van der Waals surface area contributed by atoms with E-state index in [0.29, 0.717) is 26.1 Å². The zero-order valence-electron chi connectivity index (χ0n) is 34.8. The van der Waals surface area contributed by atoms with Crippen LogP contribution >= 0.6 is 0 Å². The van der Waals surface area contributed by atoms with Crippen molar-refractivity contribution < 1.29 is 19.8 Å². The van der Waals surface area contributed by atoms with E-state index in [9.17, 15) is 29.4 Å². The third kappa shape index (κ3) is 8.00. The van der Waals surface area contributed by atoms with Gasteiger partial charge in [-0.1, -0.05) is 50.7 Å². The molecule has 4 aliphatic heterocycles. The van der Waals surface area contributed by atoms with Crippen molar-refractivity contribution in [3.05, 3.63) is 117 Å². The molecule has 16 heteroatoms. The average Bonchev–Trinajstić information content (AvgIpc) is 4.10. The molecule has 6 aromatic rings. The molecule has 12 bridgehead atoms. The largest absolute Gasteiger partial charge is 0.503 e. The summed E-state index contributed by atoms with van der Waals surface area (Å²) in [6, 6.07) is 8.60. The van der Waals surface area contributed by atoms with Crippen LogP contribution in [0.4, 0.5) is 0 Å². The molecule has 2 amide bonds. The Balaban J connectivity index is 0.000000158. The third-order valence-electron chi connectivity index (χ3n) is 13.1. The molecule has 6 aliphatic rings. The van der Waals surface area contributed by atoms with E-state index in [1.54, 1.807) is 4.68 Å². The van der Waals surface area contributed by atoms with Gasteiger partial charge in [-0.25, -0.2) is 9.97 Å². The number of nitrogens with zero attached hydrogens (tertiary/aromatic N) is 8. The lowest BCUT2D eigenvalue weighted by Crippen LogP contribution is -2.38. The van der Waals surface area contributed by atoms with Gasteiger partial charge in [0, 0.05) is 48.6 Å². The highest BCUT2D eigenvalue weighted by molar-refractivity contribution is 5.92. The smallest absolute Gasteiger partial charge is 0.276 e. The number of amides is 2. The Bertz CT molecular complexity index is 2800. The summed E-state index contributed by atoms with van der Waals surface area (Å²) in [4.78, 5) is 59.5. The summed E-state index contributed by atoms with van der Waals surface area (Å²) in [6.45, 7) is 1.64. The van der Waals surface area contributed by atoms with E-state index in [-0.39, 0.29) is 29.0 Å². The van der Waals surface area contributed by atoms with E-state index >= 15 is 0 Å². The molecule has 10 heterocycles. The molecule has 0 saturated heterocycles. The number of hydrogen-bond acceptors (Lipinski definition) is 10. The molecule has 0 radical (unpaired) electrons. The van der Waals surface area contributed by atoms with Crippen molar-refractivity contribution in [1.82, 2.24) is 49.3 Å². The summed E-state index contributed by atoms with van der Waals surface area (Å²) in [6.07, 6.45) is 28.2. The molecular formula is C46H52N10O6. The fraction of sp³-hybridized carbons (Fsp3) is 0.435. The van der Waals surface area contributed by atoms with E-state index < -0.39 is 34.2 Å². The molecule has 2 saturated carbocycles. The molecule has 62 heavy (non-hydrogen) atoms. The maximum atomic E-state index is 12.6. The first kappa shape index (κ1) is 40.8. The normalized spacial score (nSPS) is 19.4. The van der Waals surface area contributed by atoms with Gasteiger partial charge in [0.15, 0.2) is 22.9 Å². The van der Waals surface area contributed by atoms with Gasteiger partial charge in [0.1, 0.15) is 11.3 Å². The molecule has 2 spiro atoms. The van der Waals surface area contributed by atoms with Crippen LogP contribution in [0.1, 0.15) is 109 Å². The Labute approximate surface area is 357 Å². The van der Waals surface area contributed by atoms with Gasteiger partial charge in [0.2, 0.25) is 0 Å². The van der Waals surface area contributed by atoms with E-state index in [1.165, 1.54) is 22.6 Å². The predicted molar refractivity (Wildman–Crippen MR) is 232 cm³/mol. The molecule has 6 aromatic heterocycles. The maximum Gasteiger partial charge on any atom is 0.276 e. The topological polar surface area (TPSA) is 204 Å². The zero-order valence-corrected chi connectivity index (χ0v) is 34.8. The summed E-state index contributed by atoms with van der Waals surface area (Å²) in [7, 11) is 0. The minimum Gasteiger partial charge on any atom is -0.503 e. The SMILES string of the molecule is O=C1NC/C=C\Cc2cnc3c(ccn3C3(CCCC3)Cn3cc(O)c(=O)c1n3)c2.O=C1NCCCCCCc2cnc3c(ccn3C3(CCCC3)Cn3cc(O)c(=O)c1n3)c2. The first-order valence-corrected chi connectivity index (χ1v) is 21.9. The summed E-state index contributed by atoms with van der Waals surface area (Å²) < 4.78 is 7.52. The van der Waals surface area contributed by atoms with Crippen LogP contribution in [-0.4, -0.2) is 73.8 Å². The van der Waals surface area contributed by atoms with Gasteiger partial charge >= 0.3 is 0 Å². The second-order valence-electron chi connectivity index (χ2n) is 17.3. The number of aromatic nitrogens is 8. The number of aryl methyl sites for hydroxylation is 1. The summed E-state index contributed by atoms with van der Waals surface area (Å²) in [5, 5.41) is 36.8. The van der Waals surface area contributed by atoms with Crippen molar-refractivity contribution >= 4 is 33.9 Å². The highest BCUT2D eigenvalue weighted by atomic mass is 16.3.